The molecule has 1 nitrogen and oxygen atoms in total. The van der Waals surface area contributed by atoms with E-state index in [1.807, 2.05) is 0 Å². The fraction of sp³-hybridized carbons (Fsp3) is 0.667. The van der Waals surface area contributed by atoms with E-state index in [1.165, 1.54) is 43.2 Å². The fourth-order valence-corrected chi connectivity index (χ4v) is 5.58. The molecule has 4 saturated carbocycles. The molecule has 0 spiro atoms. The van der Waals surface area contributed by atoms with Gasteiger partial charge in [0.25, 0.3) is 0 Å². The third-order valence-corrected chi connectivity index (χ3v) is 6.22. The zero-order valence-corrected chi connectivity index (χ0v) is 11.7. The first kappa shape index (κ1) is 12.0. The molecule has 0 unspecified atom stereocenters. The van der Waals surface area contributed by atoms with Gasteiger partial charge in [0.05, 0.1) is 0 Å². The lowest BCUT2D eigenvalue weighted by Crippen LogP contribution is -2.45. The number of hydrogen-bond acceptors (Lipinski definition) is 1. The van der Waals surface area contributed by atoms with Crippen LogP contribution in [-0.4, -0.2) is 0 Å². The van der Waals surface area contributed by atoms with Crippen molar-refractivity contribution in [1.29, 1.82) is 0 Å². The Kier molecular flexibility index (Phi) is 2.91. The molecular formula is C18H25N. The van der Waals surface area contributed by atoms with E-state index in [4.69, 9.17) is 5.73 Å². The van der Waals surface area contributed by atoms with Gasteiger partial charge in [-0.05, 0) is 79.2 Å². The smallest absolute Gasteiger partial charge is 0.0180 e. The number of benzene rings is 1. The Balaban J connectivity index is 1.57. The Labute approximate surface area is 116 Å². The van der Waals surface area contributed by atoms with Gasteiger partial charge in [-0.15, -0.1) is 0 Å². The van der Waals surface area contributed by atoms with Crippen LogP contribution in [0.25, 0.3) is 0 Å². The molecule has 1 heteroatoms. The second-order valence-electron chi connectivity index (χ2n) is 7.27. The quantitative estimate of drug-likeness (QED) is 0.874. The lowest BCUT2D eigenvalue weighted by molar-refractivity contribution is -0.0360. The summed E-state index contributed by atoms with van der Waals surface area (Å²) in [5.74, 6) is 5.19. The molecule has 2 N–H and O–H groups in total. The van der Waals surface area contributed by atoms with Crippen LogP contribution < -0.4 is 5.73 Å². The van der Waals surface area contributed by atoms with Crippen molar-refractivity contribution in [2.45, 2.75) is 45.1 Å². The van der Waals surface area contributed by atoms with Gasteiger partial charge in [0.15, 0.2) is 0 Å². The van der Waals surface area contributed by atoms with Crippen molar-refractivity contribution in [3.05, 3.63) is 35.4 Å². The summed E-state index contributed by atoms with van der Waals surface area (Å²) >= 11 is 0. The zero-order chi connectivity index (χ0) is 12.8. The monoisotopic (exact) mass is 255 g/mol. The molecule has 102 valence electrons. The van der Waals surface area contributed by atoms with Crippen molar-refractivity contribution in [3.8, 4) is 0 Å². The predicted molar refractivity (Wildman–Crippen MR) is 78.6 cm³/mol. The Bertz CT molecular complexity index is 437. The summed E-state index contributed by atoms with van der Waals surface area (Å²) in [6.45, 7) is 0.698. The first-order valence-electron chi connectivity index (χ1n) is 8.10. The highest BCUT2D eigenvalue weighted by Crippen LogP contribution is 2.57. The van der Waals surface area contributed by atoms with Crippen LogP contribution in [0.5, 0.6) is 0 Å². The van der Waals surface area contributed by atoms with Crippen LogP contribution in [0.2, 0.25) is 0 Å². The maximum Gasteiger partial charge on any atom is 0.0180 e. The standard InChI is InChI=1S/C18H25N/c19-11-15-4-2-1-3-14(15)10-18-16-6-12-5-13(8-16)9-17(18)7-12/h1-4,12-13,16-18H,5-11,19H2. The van der Waals surface area contributed by atoms with E-state index in [0.29, 0.717) is 6.54 Å². The largest absolute Gasteiger partial charge is 0.326 e. The van der Waals surface area contributed by atoms with Crippen molar-refractivity contribution in [1.82, 2.24) is 0 Å². The summed E-state index contributed by atoms with van der Waals surface area (Å²) in [6, 6.07) is 8.84. The van der Waals surface area contributed by atoms with Crippen molar-refractivity contribution in [2.24, 2.45) is 35.3 Å². The molecule has 1 aromatic rings. The topological polar surface area (TPSA) is 26.0 Å². The third-order valence-electron chi connectivity index (χ3n) is 6.22. The van der Waals surface area contributed by atoms with Gasteiger partial charge in [-0.3, -0.25) is 0 Å². The lowest BCUT2D eigenvalue weighted by Gasteiger charge is -2.54. The normalized spacial score (nSPS) is 39.7. The molecule has 4 aliphatic carbocycles. The lowest BCUT2D eigenvalue weighted by atomic mass is 9.51. The first-order chi connectivity index (χ1) is 9.33. The summed E-state index contributed by atoms with van der Waals surface area (Å²) in [4.78, 5) is 0. The predicted octanol–water partition coefficient (Wildman–Crippen LogP) is 3.76. The van der Waals surface area contributed by atoms with Gasteiger partial charge in [0.2, 0.25) is 0 Å². The fourth-order valence-electron chi connectivity index (χ4n) is 5.58. The highest BCUT2D eigenvalue weighted by atomic mass is 14.5. The summed E-state index contributed by atoms with van der Waals surface area (Å²) < 4.78 is 0. The van der Waals surface area contributed by atoms with E-state index in [1.54, 1.807) is 6.42 Å². The molecule has 0 aromatic heterocycles. The molecule has 0 radical (unpaired) electrons. The van der Waals surface area contributed by atoms with Crippen molar-refractivity contribution in [2.75, 3.05) is 0 Å². The molecule has 19 heavy (non-hydrogen) atoms. The van der Waals surface area contributed by atoms with Gasteiger partial charge in [-0.25, -0.2) is 0 Å². The van der Waals surface area contributed by atoms with Crippen LogP contribution in [0.15, 0.2) is 24.3 Å². The van der Waals surface area contributed by atoms with Crippen molar-refractivity contribution >= 4 is 0 Å². The molecule has 0 aliphatic heterocycles. The molecule has 0 amide bonds. The van der Waals surface area contributed by atoms with Crippen LogP contribution in [-0.2, 0) is 13.0 Å². The minimum absolute atomic E-state index is 0.698. The van der Waals surface area contributed by atoms with Gasteiger partial charge >= 0.3 is 0 Å². The third kappa shape index (κ3) is 2.03. The molecule has 5 rings (SSSR count). The maximum atomic E-state index is 5.90. The highest BCUT2D eigenvalue weighted by Gasteiger charge is 2.47. The van der Waals surface area contributed by atoms with Gasteiger partial charge in [0, 0.05) is 6.54 Å². The number of nitrogens with two attached hydrogens (primary N) is 1. The second-order valence-corrected chi connectivity index (χ2v) is 7.27. The first-order valence-corrected chi connectivity index (χ1v) is 8.10. The number of hydrogen-bond donors (Lipinski definition) is 1. The Morgan fingerprint density at radius 3 is 2.00 bits per heavy atom. The van der Waals surface area contributed by atoms with Crippen molar-refractivity contribution < 1.29 is 0 Å². The van der Waals surface area contributed by atoms with E-state index < -0.39 is 0 Å². The van der Waals surface area contributed by atoms with Gasteiger partial charge < -0.3 is 5.73 Å². The average Bonchev–Trinajstić information content (AvgIpc) is 2.42. The summed E-state index contributed by atoms with van der Waals surface area (Å²) in [7, 11) is 0. The summed E-state index contributed by atoms with van der Waals surface area (Å²) in [5.41, 5.74) is 8.80. The average molecular weight is 255 g/mol. The second kappa shape index (κ2) is 4.63. The molecule has 1 aromatic carbocycles. The molecule has 0 atom stereocenters. The van der Waals surface area contributed by atoms with Crippen LogP contribution in [0.4, 0.5) is 0 Å². The molecule has 4 fully saturated rings. The molecule has 4 bridgehead atoms. The van der Waals surface area contributed by atoms with E-state index in [-0.39, 0.29) is 0 Å². The van der Waals surface area contributed by atoms with Crippen LogP contribution in [0.3, 0.4) is 0 Å². The minimum Gasteiger partial charge on any atom is -0.326 e. The van der Waals surface area contributed by atoms with Gasteiger partial charge in [-0.1, -0.05) is 24.3 Å². The van der Waals surface area contributed by atoms with E-state index in [0.717, 1.165) is 29.6 Å². The van der Waals surface area contributed by atoms with E-state index in [2.05, 4.69) is 24.3 Å². The molecule has 0 saturated heterocycles. The zero-order valence-electron chi connectivity index (χ0n) is 11.7. The van der Waals surface area contributed by atoms with E-state index >= 15 is 0 Å². The van der Waals surface area contributed by atoms with Crippen molar-refractivity contribution in [3.63, 3.8) is 0 Å². The summed E-state index contributed by atoms with van der Waals surface area (Å²) in [6.07, 6.45) is 8.97. The van der Waals surface area contributed by atoms with Gasteiger partial charge in [0.1, 0.15) is 0 Å². The van der Waals surface area contributed by atoms with Crippen LogP contribution >= 0.6 is 0 Å². The Morgan fingerprint density at radius 2 is 1.42 bits per heavy atom. The molecular weight excluding hydrogens is 230 g/mol. The van der Waals surface area contributed by atoms with Crippen LogP contribution in [0, 0.1) is 29.6 Å². The maximum absolute atomic E-state index is 5.90. The molecule has 4 aliphatic rings. The van der Waals surface area contributed by atoms with Crippen LogP contribution in [0.1, 0.15) is 43.2 Å². The minimum atomic E-state index is 0.698. The highest BCUT2D eigenvalue weighted by molar-refractivity contribution is 5.27. The molecule has 0 heterocycles. The van der Waals surface area contributed by atoms with Gasteiger partial charge in [-0.2, -0.15) is 0 Å². The SMILES string of the molecule is NCc1ccccc1CC1C2CC3CC(C2)CC1C3. The Hall–Kier alpha value is -0.820. The van der Waals surface area contributed by atoms with E-state index in [9.17, 15) is 0 Å². The Morgan fingerprint density at radius 1 is 0.842 bits per heavy atom. The summed E-state index contributed by atoms with van der Waals surface area (Å²) in [5, 5.41) is 0. The number of rotatable bonds is 3.